The molecule has 3 aliphatic rings. The van der Waals surface area contributed by atoms with Crippen LogP contribution in [0.4, 0.5) is 5.69 Å². The molecule has 1 aromatic carbocycles. The molecule has 1 aliphatic carbocycles. The van der Waals surface area contributed by atoms with Gasteiger partial charge in [-0.1, -0.05) is 37.5 Å². The Labute approximate surface area is 166 Å². The summed E-state index contributed by atoms with van der Waals surface area (Å²) in [5.74, 6) is -0.446. The molecule has 0 aromatic heterocycles. The fourth-order valence-corrected chi connectivity index (χ4v) is 4.81. The molecule has 2 heterocycles. The van der Waals surface area contributed by atoms with E-state index in [1.54, 1.807) is 9.80 Å². The number of nitrogens with one attached hydrogen (secondary N) is 1. The fraction of sp³-hybridized carbons (Fsp3) is 0.591. The number of hydrogen-bond acceptors (Lipinski definition) is 3. The van der Waals surface area contributed by atoms with E-state index in [0.717, 1.165) is 37.8 Å². The number of anilines is 1. The molecule has 0 spiro atoms. The lowest BCUT2D eigenvalue weighted by atomic mass is 9.95. The predicted molar refractivity (Wildman–Crippen MR) is 107 cm³/mol. The van der Waals surface area contributed by atoms with E-state index in [2.05, 4.69) is 5.32 Å². The largest absolute Gasteiger partial charge is 0.352 e. The molecule has 28 heavy (non-hydrogen) atoms. The summed E-state index contributed by atoms with van der Waals surface area (Å²) in [6.07, 6.45) is 7.43. The van der Waals surface area contributed by atoms with Gasteiger partial charge in [-0.15, -0.1) is 0 Å². The van der Waals surface area contributed by atoms with Crippen LogP contribution in [-0.2, 0) is 14.4 Å². The lowest BCUT2D eigenvalue weighted by Crippen LogP contribution is -2.50. The molecule has 2 atom stereocenters. The monoisotopic (exact) mass is 383 g/mol. The van der Waals surface area contributed by atoms with Crippen LogP contribution in [0.5, 0.6) is 0 Å². The Morgan fingerprint density at radius 2 is 1.71 bits per heavy atom. The van der Waals surface area contributed by atoms with Gasteiger partial charge in [-0.3, -0.25) is 14.4 Å². The summed E-state index contributed by atoms with van der Waals surface area (Å²) in [7, 11) is 0. The molecular weight excluding hydrogens is 354 g/mol. The lowest BCUT2D eigenvalue weighted by molar-refractivity contribution is -0.141. The highest BCUT2D eigenvalue weighted by atomic mass is 16.2. The van der Waals surface area contributed by atoms with Gasteiger partial charge in [0.05, 0.1) is 5.92 Å². The topological polar surface area (TPSA) is 69.7 Å². The van der Waals surface area contributed by atoms with Crippen LogP contribution in [0.15, 0.2) is 30.3 Å². The highest BCUT2D eigenvalue weighted by Gasteiger charge is 2.42. The van der Waals surface area contributed by atoms with Crippen molar-refractivity contribution in [3.63, 3.8) is 0 Å². The number of carbonyl (C=O) groups excluding carboxylic acids is 3. The van der Waals surface area contributed by atoms with E-state index in [-0.39, 0.29) is 42.1 Å². The first kappa shape index (κ1) is 19.0. The van der Waals surface area contributed by atoms with Crippen molar-refractivity contribution in [2.75, 3.05) is 18.0 Å². The summed E-state index contributed by atoms with van der Waals surface area (Å²) in [6.45, 7) is 1.01. The SMILES string of the molecule is O=C(NC1CCCCC1)C1CCCN1C(=O)C1CC(=O)N(c2ccccc2)C1. The minimum absolute atomic E-state index is 0.0120. The van der Waals surface area contributed by atoms with Gasteiger partial charge in [-0.2, -0.15) is 0 Å². The first-order chi connectivity index (χ1) is 13.6. The zero-order valence-corrected chi connectivity index (χ0v) is 16.3. The Bertz CT molecular complexity index is 730. The standard InChI is InChI=1S/C22H29N3O3/c26-20-14-16(15-25(20)18-10-5-2-6-11-18)22(28)24-13-7-12-19(24)21(27)23-17-8-3-1-4-9-17/h2,5-6,10-11,16-17,19H,1,3-4,7-9,12-15H2,(H,23,27). The van der Waals surface area contributed by atoms with Crippen LogP contribution in [0.2, 0.25) is 0 Å². The summed E-state index contributed by atoms with van der Waals surface area (Å²) >= 11 is 0. The van der Waals surface area contributed by atoms with Crippen LogP contribution >= 0.6 is 0 Å². The smallest absolute Gasteiger partial charge is 0.243 e. The van der Waals surface area contributed by atoms with E-state index < -0.39 is 0 Å². The average Bonchev–Trinajstić information content (AvgIpc) is 3.36. The molecule has 1 aromatic rings. The van der Waals surface area contributed by atoms with Gasteiger partial charge in [0.1, 0.15) is 6.04 Å². The second-order valence-corrected chi connectivity index (χ2v) is 8.27. The number of carbonyl (C=O) groups is 3. The summed E-state index contributed by atoms with van der Waals surface area (Å²) in [5, 5.41) is 3.17. The van der Waals surface area contributed by atoms with Crippen molar-refractivity contribution >= 4 is 23.4 Å². The van der Waals surface area contributed by atoms with Gasteiger partial charge in [-0.05, 0) is 37.8 Å². The normalized spacial score (nSPS) is 25.9. The van der Waals surface area contributed by atoms with E-state index in [0.29, 0.717) is 19.5 Å². The maximum absolute atomic E-state index is 13.1. The maximum Gasteiger partial charge on any atom is 0.243 e. The zero-order chi connectivity index (χ0) is 19.5. The molecule has 0 bridgehead atoms. The zero-order valence-electron chi connectivity index (χ0n) is 16.3. The number of nitrogens with zero attached hydrogens (tertiary/aromatic N) is 2. The molecule has 6 heteroatoms. The Kier molecular flexibility index (Phi) is 5.64. The molecule has 6 nitrogen and oxygen atoms in total. The Balaban J connectivity index is 1.39. The summed E-state index contributed by atoms with van der Waals surface area (Å²) in [5.41, 5.74) is 0.829. The third-order valence-electron chi connectivity index (χ3n) is 6.33. The van der Waals surface area contributed by atoms with Crippen LogP contribution in [0.1, 0.15) is 51.4 Å². The second kappa shape index (κ2) is 8.33. The Hall–Kier alpha value is -2.37. The highest BCUT2D eigenvalue weighted by molar-refractivity contribution is 6.01. The Morgan fingerprint density at radius 1 is 0.964 bits per heavy atom. The van der Waals surface area contributed by atoms with Crippen molar-refractivity contribution in [1.82, 2.24) is 10.2 Å². The molecule has 150 valence electrons. The van der Waals surface area contributed by atoms with E-state index in [1.807, 2.05) is 30.3 Å². The molecule has 3 amide bonds. The first-order valence-corrected chi connectivity index (χ1v) is 10.6. The highest BCUT2D eigenvalue weighted by Crippen LogP contribution is 2.29. The molecule has 4 rings (SSSR count). The van der Waals surface area contributed by atoms with Crippen molar-refractivity contribution in [2.45, 2.75) is 63.5 Å². The minimum atomic E-state index is -0.379. The average molecular weight is 383 g/mol. The number of para-hydroxylation sites is 1. The molecule has 3 fully saturated rings. The number of rotatable bonds is 4. The number of amides is 3. The number of hydrogen-bond donors (Lipinski definition) is 1. The van der Waals surface area contributed by atoms with E-state index in [4.69, 9.17) is 0 Å². The number of benzene rings is 1. The van der Waals surface area contributed by atoms with Gasteiger partial charge in [-0.25, -0.2) is 0 Å². The third kappa shape index (κ3) is 3.91. The van der Waals surface area contributed by atoms with Gasteiger partial charge in [0.15, 0.2) is 0 Å². The number of likely N-dealkylation sites (tertiary alicyclic amines) is 1. The predicted octanol–water partition coefficient (Wildman–Crippen LogP) is 2.48. The quantitative estimate of drug-likeness (QED) is 0.868. The van der Waals surface area contributed by atoms with Crippen LogP contribution in [-0.4, -0.2) is 47.8 Å². The first-order valence-electron chi connectivity index (χ1n) is 10.6. The second-order valence-electron chi connectivity index (χ2n) is 8.27. The summed E-state index contributed by atoms with van der Waals surface area (Å²) < 4.78 is 0. The van der Waals surface area contributed by atoms with Crippen LogP contribution in [0.25, 0.3) is 0 Å². The third-order valence-corrected chi connectivity index (χ3v) is 6.33. The van der Waals surface area contributed by atoms with Crippen LogP contribution < -0.4 is 10.2 Å². The molecule has 2 aliphatic heterocycles. The van der Waals surface area contributed by atoms with Crippen molar-refractivity contribution < 1.29 is 14.4 Å². The van der Waals surface area contributed by atoms with Crippen molar-refractivity contribution in [1.29, 1.82) is 0 Å². The fourth-order valence-electron chi connectivity index (χ4n) is 4.81. The molecular formula is C22H29N3O3. The Morgan fingerprint density at radius 3 is 2.46 bits per heavy atom. The van der Waals surface area contributed by atoms with Crippen molar-refractivity contribution in [3.8, 4) is 0 Å². The van der Waals surface area contributed by atoms with Gasteiger partial charge in [0.25, 0.3) is 0 Å². The molecule has 1 N–H and O–H groups in total. The van der Waals surface area contributed by atoms with Gasteiger partial charge in [0, 0.05) is 31.2 Å². The molecule has 2 unspecified atom stereocenters. The molecule has 0 radical (unpaired) electrons. The summed E-state index contributed by atoms with van der Waals surface area (Å²) in [4.78, 5) is 41.8. The molecule has 1 saturated carbocycles. The van der Waals surface area contributed by atoms with Crippen molar-refractivity contribution in [3.05, 3.63) is 30.3 Å². The van der Waals surface area contributed by atoms with E-state index in [9.17, 15) is 14.4 Å². The van der Waals surface area contributed by atoms with Gasteiger partial charge < -0.3 is 15.1 Å². The van der Waals surface area contributed by atoms with Gasteiger partial charge in [0.2, 0.25) is 17.7 Å². The lowest BCUT2D eigenvalue weighted by Gasteiger charge is -2.29. The maximum atomic E-state index is 13.1. The van der Waals surface area contributed by atoms with E-state index >= 15 is 0 Å². The summed E-state index contributed by atoms with van der Waals surface area (Å²) in [6, 6.07) is 9.35. The van der Waals surface area contributed by atoms with Crippen LogP contribution in [0, 0.1) is 5.92 Å². The molecule has 2 saturated heterocycles. The van der Waals surface area contributed by atoms with E-state index in [1.165, 1.54) is 6.42 Å². The minimum Gasteiger partial charge on any atom is -0.352 e. The van der Waals surface area contributed by atoms with Crippen LogP contribution in [0.3, 0.4) is 0 Å². The van der Waals surface area contributed by atoms with Gasteiger partial charge >= 0.3 is 0 Å². The van der Waals surface area contributed by atoms with Crippen molar-refractivity contribution in [2.24, 2.45) is 5.92 Å².